The Morgan fingerprint density at radius 3 is 2.76 bits per heavy atom. The smallest absolute Gasteiger partial charge is 0.260 e. The number of allylic oxidation sites excluding steroid dienone is 1. The number of likely N-dealkylation sites (tertiary alicyclic amines) is 1. The molecule has 2 saturated heterocycles. The number of piperidine rings is 1. The Morgan fingerprint density at radius 1 is 1.31 bits per heavy atom. The van der Waals surface area contributed by atoms with E-state index in [0.29, 0.717) is 77.0 Å². The SMILES string of the molecule is C=C(/N=C1\C(=C/C)C=C(c2ccc(-c3noc(C)n3)cc2Cl)C(=O)N1CC(=O)N1CCCC(N)C1)NC1CCOCC1. The molecule has 3 N–H and O–H groups in total. The molecule has 2 aromatic rings. The van der Waals surface area contributed by atoms with Crippen LogP contribution in [0.3, 0.4) is 0 Å². The number of carbonyl (C=O) groups excluding carboxylic acids is 2. The first-order valence-corrected chi connectivity index (χ1v) is 14.6. The van der Waals surface area contributed by atoms with Gasteiger partial charge in [0.2, 0.25) is 17.6 Å². The lowest BCUT2D eigenvalue weighted by Gasteiger charge is -2.35. The van der Waals surface area contributed by atoms with E-state index in [1.54, 1.807) is 36.1 Å². The highest BCUT2D eigenvalue weighted by Crippen LogP contribution is 2.34. The molecule has 12 heteroatoms. The zero-order valence-corrected chi connectivity index (χ0v) is 24.7. The van der Waals surface area contributed by atoms with Crippen LogP contribution in [-0.2, 0) is 14.3 Å². The average Bonchev–Trinajstić information content (AvgIpc) is 3.42. The van der Waals surface area contributed by atoms with Crippen LogP contribution in [-0.4, -0.2) is 82.5 Å². The molecule has 3 aliphatic rings. The predicted octanol–water partition coefficient (Wildman–Crippen LogP) is 3.46. The van der Waals surface area contributed by atoms with E-state index >= 15 is 0 Å². The number of amidine groups is 1. The highest BCUT2D eigenvalue weighted by atomic mass is 35.5. The second-order valence-corrected chi connectivity index (χ2v) is 11.1. The summed E-state index contributed by atoms with van der Waals surface area (Å²) >= 11 is 6.73. The van der Waals surface area contributed by atoms with Crippen molar-refractivity contribution in [3.05, 3.63) is 64.8 Å². The number of amides is 2. The van der Waals surface area contributed by atoms with Crippen LogP contribution < -0.4 is 11.1 Å². The van der Waals surface area contributed by atoms with Gasteiger partial charge in [-0.05, 0) is 44.7 Å². The largest absolute Gasteiger partial charge is 0.381 e. The van der Waals surface area contributed by atoms with E-state index < -0.39 is 5.91 Å². The van der Waals surface area contributed by atoms with Gasteiger partial charge in [0, 0.05) is 72.6 Å². The summed E-state index contributed by atoms with van der Waals surface area (Å²) in [5.74, 6) is 1.01. The third kappa shape index (κ3) is 6.64. The number of nitrogens with two attached hydrogens (primary N) is 1. The van der Waals surface area contributed by atoms with Gasteiger partial charge in [0.25, 0.3) is 5.91 Å². The Hall–Kier alpha value is -3.80. The third-order valence-corrected chi connectivity index (χ3v) is 7.89. The van der Waals surface area contributed by atoms with Crippen molar-refractivity contribution in [2.75, 3.05) is 32.8 Å². The number of aromatic nitrogens is 2. The van der Waals surface area contributed by atoms with E-state index in [1.807, 2.05) is 13.0 Å². The normalized spacial score (nSPS) is 22.0. The van der Waals surface area contributed by atoms with Gasteiger partial charge in [-0.25, -0.2) is 4.99 Å². The molecule has 4 heterocycles. The molecule has 5 rings (SSSR count). The number of rotatable bonds is 7. The van der Waals surface area contributed by atoms with Crippen LogP contribution in [0.4, 0.5) is 0 Å². The topological polar surface area (TPSA) is 139 Å². The Balaban J connectivity index is 1.49. The van der Waals surface area contributed by atoms with Crippen molar-refractivity contribution in [2.24, 2.45) is 10.7 Å². The highest BCUT2D eigenvalue weighted by Gasteiger charge is 2.35. The average molecular weight is 594 g/mol. The van der Waals surface area contributed by atoms with Gasteiger partial charge >= 0.3 is 0 Å². The van der Waals surface area contributed by atoms with Gasteiger partial charge in [-0.1, -0.05) is 41.5 Å². The minimum Gasteiger partial charge on any atom is -0.381 e. The molecule has 1 aromatic heterocycles. The van der Waals surface area contributed by atoms with E-state index in [2.05, 4.69) is 22.0 Å². The number of benzene rings is 1. The standard InChI is InChI=1S/C30H36ClN7O4/c1-4-20-14-25(24-8-7-21(15-26(24)31)28-35-19(3)42-36-28)30(40)38(17-27(39)37-11-5-6-22(32)16-37)29(20)34-18(2)33-23-9-12-41-13-10-23/h4,7-8,14-15,22-23,33H,2,5-6,9-13,16-17,32H2,1,3H3/b20-4-,34-29+. The summed E-state index contributed by atoms with van der Waals surface area (Å²) in [5, 5.41) is 7.63. The summed E-state index contributed by atoms with van der Waals surface area (Å²) in [6, 6.07) is 5.30. The van der Waals surface area contributed by atoms with Crippen molar-refractivity contribution in [1.29, 1.82) is 0 Å². The maximum Gasteiger partial charge on any atom is 0.260 e. The van der Waals surface area contributed by atoms with Crippen LogP contribution in [0.25, 0.3) is 17.0 Å². The number of aliphatic imine (C=N–C) groups is 1. The monoisotopic (exact) mass is 593 g/mol. The number of nitrogens with zero attached hydrogens (tertiary/aromatic N) is 5. The maximum atomic E-state index is 14.2. The van der Waals surface area contributed by atoms with Gasteiger partial charge in [0.05, 0.1) is 0 Å². The number of hydrogen-bond donors (Lipinski definition) is 2. The van der Waals surface area contributed by atoms with Crippen molar-refractivity contribution in [3.8, 4) is 11.4 Å². The lowest BCUT2D eigenvalue weighted by atomic mass is 9.95. The molecular weight excluding hydrogens is 558 g/mol. The molecule has 0 aliphatic carbocycles. The molecule has 0 bridgehead atoms. The first-order chi connectivity index (χ1) is 20.2. The molecule has 2 amide bonds. The minimum absolute atomic E-state index is 0.0850. The number of halogens is 1. The predicted molar refractivity (Wildman–Crippen MR) is 160 cm³/mol. The lowest BCUT2D eigenvalue weighted by Crippen LogP contribution is -2.52. The number of nitrogens with one attached hydrogen (secondary N) is 1. The molecule has 2 fully saturated rings. The molecule has 222 valence electrons. The van der Waals surface area contributed by atoms with Crippen molar-refractivity contribution in [1.82, 2.24) is 25.3 Å². The van der Waals surface area contributed by atoms with Crippen LogP contribution in [0.1, 0.15) is 44.1 Å². The van der Waals surface area contributed by atoms with E-state index in [4.69, 9.17) is 31.6 Å². The fourth-order valence-corrected chi connectivity index (χ4v) is 5.64. The zero-order valence-electron chi connectivity index (χ0n) is 23.9. The molecule has 3 aliphatic heterocycles. The van der Waals surface area contributed by atoms with Gasteiger partial charge in [0.1, 0.15) is 18.2 Å². The molecule has 0 radical (unpaired) electrons. The van der Waals surface area contributed by atoms with Crippen LogP contribution in [0.15, 0.2) is 57.8 Å². The van der Waals surface area contributed by atoms with Gasteiger partial charge in [0.15, 0.2) is 0 Å². The number of hydrogen-bond acceptors (Lipinski definition) is 9. The lowest BCUT2D eigenvalue weighted by molar-refractivity contribution is -0.136. The van der Waals surface area contributed by atoms with Crippen LogP contribution in [0, 0.1) is 6.92 Å². The highest BCUT2D eigenvalue weighted by molar-refractivity contribution is 6.38. The Labute approximate surface area is 250 Å². The van der Waals surface area contributed by atoms with E-state index in [-0.39, 0.29) is 24.5 Å². The molecule has 1 aromatic carbocycles. The van der Waals surface area contributed by atoms with Crippen molar-refractivity contribution in [2.45, 2.75) is 51.6 Å². The quantitative estimate of drug-likeness (QED) is 0.498. The van der Waals surface area contributed by atoms with Gasteiger partial charge < -0.3 is 25.2 Å². The Morgan fingerprint density at radius 2 is 2.10 bits per heavy atom. The summed E-state index contributed by atoms with van der Waals surface area (Å²) in [6.45, 7) is 9.85. The van der Waals surface area contributed by atoms with Crippen molar-refractivity contribution < 1.29 is 18.8 Å². The first kappa shape index (κ1) is 29.7. The van der Waals surface area contributed by atoms with Gasteiger partial charge in [-0.2, -0.15) is 4.98 Å². The Kier molecular flexibility index (Phi) is 9.20. The Bertz CT molecular complexity index is 1460. The van der Waals surface area contributed by atoms with Crippen LogP contribution in [0.2, 0.25) is 5.02 Å². The number of ether oxygens (including phenoxy) is 1. The molecule has 42 heavy (non-hydrogen) atoms. The molecular formula is C30H36ClN7O4. The van der Waals surface area contributed by atoms with Gasteiger partial charge in [-0.3, -0.25) is 14.5 Å². The summed E-state index contributed by atoms with van der Waals surface area (Å²) < 4.78 is 10.5. The summed E-state index contributed by atoms with van der Waals surface area (Å²) in [6.07, 6.45) is 6.95. The molecule has 0 saturated carbocycles. The summed E-state index contributed by atoms with van der Waals surface area (Å²) in [7, 11) is 0. The van der Waals surface area contributed by atoms with Crippen LogP contribution >= 0.6 is 11.6 Å². The molecule has 1 atom stereocenters. The summed E-state index contributed by atoms with van der Waals surface area (Å²) in [4.78, 5) is 39.8. The van der Waals surface area contributed by atoms with Crippen molar-refractivity contribution in [3.63, 3.8) is 0 Å². The number of aryl methyl sites for hydroxylation is 1. The fraction of sp³-hybridized carbons (Fsp3) is 0.433. The third-order valence-electron chi connectivity index (χ3n) is 7.58. The van der Waals surface area contributed by atoms with E-state index in [9.17, 15) is 9.59 Å². The van der Waals surface area contributed by atoms with Gasteiger partial charge in [-0.15, -0.1) is 0 Å². The van der Waals surface area contributed by atoms with Crippen LogP contribution in [0.5, 0.6) is 0 Å². The number of carbonyl (C=O) groups is 2. The fourth-order valence-electron chi connectivity index (χ4n) is 5.35. The van der Waals surface area contributed by atoms with E-state index in [0.717, 1.165) is 25.7 Å². The second-order valence-electron chi connectivity index (χ2n) is 10.7. The minimum atomic E-state index is -0.391. The van der Waals surface area contributed by atoms with E-state index in [1.165, 1.54) is 4.90 Å². The molecule has 0 spiro atoms. The first-order valence-electron chi connectivity index (χ1n) is 14.2. The molecule has 11 nitrogen and oxygen atoms in total. The molecule has 1 unspecified atom stereocenters. The zero-order chi connectivity index (χ0) is 29.8. The second kappa shape index (κ2) is 13.0. The maximum absolute atomic E-state index is 14.2. The summed E-state index contributed by atoms with van der Waals surface area (Å²) in [5.41, 5.74) is 8.32. The van der Waals surface area contributed by atoms with Crippen molar-refractivity contribution >= 4 is 34.8 Å².